The third kappa shape index (κ3) is 2.87. The summed E-state index contributed by atoms with van der Waals surface area (Å²) in [7, 11) is 0. The fourth-order valence-corrected chi connectivity index (χ4v) is 3.45. The predicted molar refractivity (Wildman–Crippen MR) is 79.8 cm³/mol. The van der Waals surface area contributed by atoms with Crippen molar-refractivity contribution < 1.29 is 14.1 Å². The highest BCUT2D eigenvalue weighted by Gasteiger charge is 2.29. The van der Waals surface area contributed by atoms with E-state index in [1.54, 1.807) is 23.3 Å². The van der Waals surface area contributed by atoms with Crippen LogP contribution in [0.2, 0.25) is 0 Å². The molecule has 1 saturated heterocycles. The number of nitrogens with zero attached hydrogens (tertiary/aromatic N) is 3. The van der Waals surface area contributed by atoms with Crippen molar-refractivity contribution in [1.29, 1.82) is 0 Å². The number of hydrogen-bond acceptors (Lipinski definition) is 6. The van der Waals surface area contributed by atoms with Crippen molar-refractivity contribution >= 4 is 23.2 Å². The molecular formula is C14H16N4O3S. The summed E-state index contributed by atoms with van der Waals surface area (Å²) < 4.78 is 5.01. The Labute approximate surface area is 131 Å². The first kappa shape index (κ1) is 14.7. The molecule has 2 aromatic heterocycles. The first-order valence-corrected chi connectivity index (χ1v) is 7.90. The average Bonchev–Trinajstić information content (AvgIpc) is 3.15. The Hall–Kier alpha value is -2.22. The number of nitrogens with two attached hydrogens (primary N) is 1. The average molecular weight is 320 g/mol. The van der Waals surface area contributed by atoms with E-state index in [0.717, 1.165) is 12.8 Å². The van der Waals surface area contributed by atoms with Gasteiger partial charge in [-0.25, -0.2) is 0 Å². The summed E-state index contributed by atoms with van der Waals surface area (Å²) in [5.74, 6) is 0.670. The SMILES string of the molecule is Cc1nc([C@@H]2CCCN(C(=O)c3cc(C(N)=O)cs3)C2)no1. The van der Waals surface area contributed by atoms with Crippen molar-refractivity contribution in [1.82, 2.24) is 15.0 Å². The lowest BCUT2D eigenvalue weighted by molar-refractivity contribution is 0.0708. The fraction of sp³-hybridized carbons (Fsp3) is 0.429. The molecule has 2 N–H and O–H groups in total. The van der Waals surface area contributed by atoms with Gasteiger partial charge in [0.15, 0.2) is 5.82 Å². The first-order valence-electron chi connectivity index (χ1n) is 7.02. The minimum atomic E-state index is -0.519. The molecule has 1 atom stereocenters. The molecule has 1 fully saturated rings. The van der Waals surface area contributed by atoms with Gasteiger partial charge in [0.25, 0.3) is 5.91 Å². The standard InChI is InChI=1S/C14H16N4O3S/c1-8-16-13(17-21-8)9-3-2-4-18(6-9)14(20)11-5-10(7-22-11)12(15)19/h5,7,9H,2-4,6H2,1H3,(H2,15,19)/t9-/m1/s1. The lowest BCUT2D eigenvalue weighted by atomic mass is 9.97. The molecule has 8 heteroatoms. The summed E-state index contributed by atoms with van der Waals surface area (Å²) in [6.45, 7) is 3.00. The van der Waals surface area contributed by atoms with Gasteiger partial charge in [-0.15, -0.1) is 11.3 Å². The normalized spacial score (nSPS) is 18.4. The summed E-state index contributed by atoms with van der Waals surface area (Å²) >= 11 is 1.24. The molecule has 7 nitrogen and oxygen atoms in total. The molecule has 116 valence electrons. The van der Waals surface area contributed by atoms with Crippen LogP contribution in [0.1, 0.15) is 50.5 Å². The Morgan fingerprint density at radius 3 is 2.95 bits per heavy atom. The molecule has 2 amide bonds. The van der Waals surface area contributed by atoms with Crippen LogP contribution in [-0.4, -0.2) is 39.9 Å². The Balaban J connectivity index is 1.73. The van der Waals surface area contributed by atoms with Crippen LogP contribution in [-0.2, 0) is 0 Å². The van der Waals surface area contributed by atoms with Crippen LogP contribution in [0.5, 0.6) is 0 Å². The summed E-state index contributed by atoms with van der Waals surface area (Å²) in [5.41, 5.74) is 5.59. The van der Waals surface area contributed by atoms with Crippen molar-refractivity contribution in [2.75, 3.05) is 13.1 Å². The molecule has 1 aliphatic rings. The molecule has 22 heavy (non-hydrogen) atoms. The minimum absolute atomic E-state index is 0.0811. The highest BCUT2D eigenvalue weighted by Crippen LogP contribution is 2.27. The maximum Gasteiger partial charge on any atom is 0.263 e. The van der Waals surface area contributed by atoms with Gasteiger partial charge in [0, 0.05) is 31.3 Å². The minimum Gasteiger partial charge on any atom is -0.366 e. The molecule has 0 aromatic carbocycles. The number of carbonyl (C=O) groups is 2. The van der Waals surface area contributed by atoms with Gasteiger partial charge >= 0.3 is 0 Å². The van der Waals surface area contributed by atoms with Crippen LogP contribution in [0.3, 0.4) is 0 Å². The number of amides is 2. The van der Waals surface area contributed by atoms with Gasteiger partial charge < -0.3 is 15.2 Å². The van der Waals surface area contributed by atoms with Crippen molar-refractivity contribution in [3.8, 4) is 0 Å². The summed E-state index contributed by atoms with van der Waals surface area (Å²) in [6, 6.07) is 1.55. The van der Waals surface area contributed by atoms with Crippen LogP contribution in [0.25, 0.3) is 0 Å². The number of carbonyl (C=O) groups excluding carboxylic acids is 2. The second-order valence-corrected chi connectivity index (χ2v) is 6.24. The second kappa shape index (κ2) is 5.88. The van der Waals surface area contributed by atoms with Gasteiger partial charge in [0.05, 0.1) is 10.4 Å². The molecule has 0 aliphatic carbocycles. The quantitative estimate of drug-likeness (QED) is 0.924. The smallest absolute Gasteiger partial charge is 0.263 e. The van der Waals surface area contributed by atoms with Gasteiger partial charge in [-0.3, -0.25) is 9.59 Å². The zero-order valence-corrected chi connectivity index (χ0v) is 12.9. The lowest BCUT2D eigenvalue weighted by Gasteiger charge is -2.30. The molecule has 2 aromatic rings. The van der Waals surface area contributed by atoms with Gasteiger partial charge in [-0.05, 0) is 18.9 Å². The Kier molecular flexibility index (Phi) is 3.93. The van der Waals surface area contributed by atoms with E-state index in [4.69, 9.17) is 10.3 Å². The van der Waals surface area contributed by atoms with Gasteiger partial charge in [0.2, 0.25) is 11.8 Å². The van der Waals surface area contributed by atoms with Gasteiger partial charge in [-0.2, -0.15) is 4.98 Å². The maximum absolute atomic E-state index is 12.5. The van der Waals surface area contributed by atoms with Crippen molar-refractivity contribution in [3.63, 3.8) is 0 Å². The zero-order valence-electron chi connectivity index (χ0n) is 12.1. The highest BCUT2D eigenvalue weighted by molar-refractivity contribution is 7.12. The zero-order chi connectivity index (χ0) is 15.7. The largest absolute Gasteiger partial charge is 0.366 e. The van der Waals surface area contributed by atoms with Crippen LogP contribution in [0, 0.1) is 6.92 Å². The van der Waals surface area contributed by atoms with E-state index >= 15 is 0 Å². The van der Waals surface area contributed by atoms with Crippen molar-refractivity contribution in [3.05, 3.63) is 33.6 Å². The molecule has 0 bridgehead atoms. The third-order valence-corrected chi connectivity index (χ3v) is 4.63. The van der Waals surface area contributed by atoms with Crippen LogP contribution in [0.15, 0.2) is 16.0 Å². The highest BCUT2D eigenvalue weighted by atomic mass is 32.1. The second-order valence-electron chi connectivity index (χ2n) is 5.33. The summed E-state index contributed by atoms with van der Waals surface area (Å²) in [6.07, 6.45) is 1.82. The van der Waals surface area contributed by atoms with E-state index in [0.29, 0.717) is 35.2 Å². The molecule has 3 heterocycles. The number of thiophene rings is 1. The van der Waals surface area contributed by atoms with E-state index < -0.39 is 5.91 Å². The number of aromatic nitrogens is 2. The number of piperidine rings is 1. The van der Waals surface area contributed by atoms with E-state index in [1.807, 2.05) is 0 Å². The van der Waals surface area contributed by atoms with E-state index in [-0.39, 0.29) is 11.8 Å². The number of hydrogen-bond donors (Lipinski definition) is 1. The van der Waals surface area contributed by atoms with Gasteiger partial charge in [-0.1, -0.05) is 5.16 Å². The van der Waals surface area contributed by atoms with Crippen LogP contribution < -0.4 is 5.73 Å². The number of aryl methyl sites for hydroxylation is 1. The predicted octanol–water partition coefficient (Wildman–Crippen LogP) is 1.56. The molecule has 0 radical (unpaired) electrons. The van der Waals surface area contributed by atoms with E-state index in [9.17, 15) is 9.59 Å². The summed E-state index contributed by atoms with van der Waals surface area (Å²) in [4.78, 5) is 30.2. The Morgan fingerprint density at radius 1 is 1.50 bits per heavy atom. The Morgan fingerprint density at radius 2 is 2.32 bits per heavy atom. The van der Waals surface area contributed by atoms with Crippen molar-refractivity contribution in [2.24, 2.45) is 5.73 Å². The monoisotopic (exact) mass is 320 g/mol. The first-order chi connectivity index (χ1) is 10.5. The molecule has 0 unspecified atom stereocenters. The molecular weight excluding hydrogens is 304 g/mol. The molecule has 3 rings (SSSR count). The topological polar surface area (TPSA) is 102 Å². The van der Waals surface area contributed by atoms with E-state index in [1.165, 1.54) is 11.3 Å². The van der Waals surface area contributed by atoms with Crippen LogP contribution in [0.4, 0.5) is 0 Å². The fourth-order valence-electron chi connectivity index (χ4n) is 2.59. The molecule has 1 aliphatic heterocycles. The van der Waals surface area contributed by atoms with Gasteiger partial charge in [0.1, 0.15) is 0 Å². The number of rotatable bonds is 3. The lowest BCUT2D eigenvalue weighted by Crippen LogP contribution is -2.39. The number of primary amides is 1. The Bertz CT molecular complexity index is 709. The van der Waals surface area contributed by atoms with E-state index in [2.05, 4.69) is 10.1 Å². The van der Waals surface area contributed by atoms with Crippen molar-refractivity contribution in [2.45, 2.75) is 25.7 Å². The number of likely N-dealkylation sites (tertiary alicyclic amines) is 1. The molecule has 0 saturated carbocycles. The molecule has 0 spiro atoms. The third-order valence-electron chi connectivity index (χ3n) is 3.71. The van der Waals surface area contributed by atoms with Crippen LogP contribution >= 0.6 is 11.3 Å². The maximum atomic E-state index is 12.5. The summed E-state index contributed by atoms with van der Waals surface area (Å²) in [5, 5.41) is 5.56.